The van der Waals surface area contributed by atoms with E-state index in [2.05, 4.69) is 9.97 Å². The third-order valence-electron chi connectivity index (χ3n) is 4.38. The maximum absolute atomic E-state index is 14.0. The van der Waals surface area contributed by atoms with Gasteiger partial charge in [0, 0.05) is 37.0 Å². The molecule has 0 unspecified atom stereocenters. The molecule has 7 heteroatoms. The minimum absolute atomic E-state index is 0.112. The number of H-pyrrole nitrogens is 1. The highest BCUT2D eigenvalue weighted by Gasteiger charge is 2.26. The molecular weight excluding hydrogens is 348 g/mol. The molecule has 0 amide bonds. The van der Waals surface area contributed by atoms with Gasteiger partial charge in [-0.3, -0.25) is 9.69 Å². The van der Waals surface area contributed by atoms with Crippen LogP contribution in [0, 0.1) is 11.6 Å². The van der Waals surface area contributed by atoms with Crippen molar-refractivity contribution in [3.63, 3.8) is 0 Å². The van der Waals surface area contributed by atoms with Crippen molar-refractivity contribution in [2.45, 2.75) is 45.7 Å². The summed E-state index contributed by atoms with van der Waals surface area (Å²) < 4.78 is 27.6. The minimum atomic E-state index is -0.648. The lowest BCUT2D eigenvalue weighted by Gasteiger charge is -2.29. The normalized spacial score (nSPS) is 15.3. The van der Waals surface area contributed by atoms with Crippen molar-refractivity contribution in [1.29, 1.82) is 0 Å². The first-order valence-corrected chi connectivity index (χ1v) is 8.52. The number of rotatable bonds is 2. The van der Waals surface area contributed by atoms with Crippen molar-refractivity contribution in [1.82, 2.24) is 14.9 Å². The average Bonchev–Trinajstić information content (AvgIpc) is 2.54. The number of halogens is 3. The molecule has 25 heavy (non-hydrogen) atoms. The summed E-state index contributed by atoms with van der Waals surface area (Å²) in [5.41, 5.74) is 1.04. The highest BCUT2D eigenvalue weighted by molar-refractivity contribution is 6.31. The summed E-state index contributed by atoms with van der Waals surface area (Å²) in [6.45, 7) is 7.03. The third-order valence-corrected chi connectivity index (χ3v) is 4.79. The molecule has 0 saturated carbocycles. The number of fused-ring (bicyclic) bond motifs is 1. The summed E-state index contributed by atoms with van der Waals surface area (Å²) in [5, 5.41) is -0.207. The standard InChI is InChI=1S/C18H20ClF2N3O/c1-18(2,3)17-22-14-6-7-24(9-11(14)16(25)23-17)8-10-12(20)4-5-13(21)15(10)19/h4-5H,6-9H2,1-3H3,(H,22,23,25). The number of benzene rings is 1. The fourth-order valence-electron chi connectivity index (χ4n) is 2.91. The molecule has 2 aromatic rings. The first-order valence-electron chi connectivity index (χ1n) is 8.14. The molecule has 1 aromatic carbocycles. The second kappa shape index (κ2) is 6.50. The Morgan fingerprint density at radius 2 is 1.96 bits per heavy atom. The van der Waals surface area contributed by atoms with E-state index in [0.717, 1.165) is 17.8 Å². The van der Waals surface area contributed by atoms with Gasteiger partial charge >= 0.3 is 0 Å². The van der Waals surface area contributed by atoms with Gasteiger partial charge in [-0.1, -0.05) is 32.4 Å². The van der Waals surface area contributed by atoms with Gasteiger partial charge in [-0.05, 0) is 12.1 Å². The Bertz CT molecular complexity index is 874. The van der Waals surface area contributed by atoms with Gasteiger partial charge in [-0.2, -0.15) is 0 Å². The van der Waals surface area contributed by atoms with Crippen LogP contribution in [0.1, 0.15) is 43.4 Å². The van der Waals surface area contributed by atoms with Crippen molar-refractivity contribution in [3.05, 3.63) is 61.8 Å². The van der Waals surface area contributed by atoms with Gasteiger partial charge in [-0.15, -0.1) is 0 Å². The SMILES string of the molecule is CC(C)(C)c1nc2c(c(=O)[nH]1)CN(Cc1c(F)ccc(F)c1Cl)CC2. The molecule has 0 saturated heterocycles. The zero-order valence-electron chi connectivity index (χ0n) is 14.4. The fraction of sp³-hybridized carbons (Fsp3) is 0.444. The zero-order chi connectivity index (χ0) is 18.4. The number of hydrogen-bond donors (Lipinski definition) is 1. The van der Waals surface area contributed by atoms with Crippen LogP contribution in [-0.4, -0.2) is 21.4 Å². The number of hydrogen-bond acceptors (Lipinski definition) is 3. The number of nitrogens with one attached hydrogen (secondary N) is 1. The van der Waals surface area contributed by atoms with E-state index in [-0.39, 0.29) is 28.1 Å². The van der Waals surface area contributed by atoms with E-state index in [1.807, 2.05) is 25.7 Å². The van der Waals surface area contributed by atoms with E-state index in [4.69, 9.17) is 11.6 Å². The van der Waals surface area contributed by atoms with E-state index in [1.165, 1.54) is 0 Å². The van der Waals surface area contributed by atoms with Crippen molar-refractivity contribution in [2.24, 2.45) is 0 Å². The van der Waals surface area contributed by atoms with Crippen molar-refractivity contribution in [2.75, 3.05) is 6.54 Å². The first-order chi connectivity index (χ1) is 11.7. The first kappa shape index (κ1) is 18.0. The van der Waals surface area contributed by atoms with Crippen LogP contribution in [0.5, 0.6) is 0 Å². The van der Waals surface area contributed by atoms with E-state index >= 15 is 0 Å². The molecule has 0 spiro atoms. The number of aromatic nitrogens is 2. The quantitative estimate of drug-likeness (QED) is 0.826. The highest BCUT2D eigenvalue weighted by Crippen LogP contribution is 2.26. The average molecular weight is 368 g/mol. The maximum atomic E-state index is 14.0. The Morgan fingerprint density at radius 3 is 2.64 bits per heavy atom. The molecule has 0 aliphatic carbocycles. The zero-order valence-corrected chi connectivity index (χ0v) is 15.2. The summed E-state index contributed by atoms with van der Waals surface area (Å²) in [5.74, 6) is -0.541. The summed E-state index contributed by atoms with van der Waals surface area (Å²) in [6.07, 6.45) is 0.580. The molecule has 1 aliphatic heterocycles. The molecule has 134 valence electrons. The predicted octanol–water partition coefficient (Wildman–Crippen LogP) is 3.56. The van der Waals surface area contributed by atoms with Gasteiger partial charge in [-0.25, -0.2) is 13.8 Å². The molecule has 0 radical (unpaired) electrons. The van der Waals surface area contributed by atoms with Crippen LogP contribution in [0.15, 0.2) is 16.9 Å². The van der Waals surface area contributed by atoms with E-state index in [1.54, 1.807) is 0 Å². The largest absolute Gasteiger partial charge is 0.310 e. The van der Waals surface area contributed by atoms with Gasteiger partial charge in [0.15, 0.2) is 0 Å². The van der Waals surface area contributed by atoms with Gasteiger partial charge in [0.25, 0.3) is 5.56 Å². The van der Waals surface area contributed by atoms with Crippen molar-refractivity contribution in [3.8, 4) is 0 Å². The fourth-order valence-corrected chi connectivity index (χ4v) is 3.12. The summed E-state index contributed by atoms with van der Waals surface area (Å²) in [6, 6.07) is 2.08. The van der Waals surface area contributed by atoms with Crippen molar-refractivity contribution < 1.29 is 8.78 Å². The van der Waals surface area contributed by atoms with Gasteiger partial charge in [0.05, 0.1) is 16.3 Å². The van der Waals surface area contributed by atoms with Crippen molar-refractivity contribution >= 4 is 11.6 Å². The highest BCUT2D eigenvalue weighted by atomic mass is 35.5. The molecule has 0 fully saturated rings. The van der Waals surface area contributed by atoms with E-state index in [9.17, 15) is 13.6 Å². The monoisotopic (exact) mass is 367 g/mol. The molecule has 2 heterocycles. The van der Waals surface area contributed by atoms with E-state index < -0.39 is 11.6 Å². The second-order valence-corrected chi connectivity index (χ2v) is 7.75. The molecule has 1 aliphatic rings. The van der Waals surface area contributed by atoms with Gasteiger partial charge < -0.3 is 4.98 Å². The maximum Gasteiger partial charge on any atom is 0.255 e. The lowest BCUT2D eigenvalue weighted by atomic mass is 9.95. The Balaban J connectivity index is 1.88. The Labute approximate surface area is 149 Å². The molecule has 0 atom stereocenters. The molecule has 0 bridgehead atoms. The Kier molecular flexibility index (Phi) is 4.68. The van der Waals surface area contributed by atoms with E-state index in [0.29, 0.717) is 30.9 Å². The van der Waals surface area contributed by atoms with Crippen LogP contribution >= 0.6 is 11.6 Å². The summed E-state index contributed by atoms with van der Waals surface area (Å²) in [7, 11) is 0. The molecule has 1 N–H and O–H groups in total. The van der Waals surface area contributed by atoms with Gasteiger partial charge in [0.2, 0.25) is 0 Å². The molecular formula is C18H20ClF2N3O. The number of nitrogens with zero attached hydrogens (tertiary/aromatic N) is 2. The molecule has 1 aromatic heterocycles. The Morgan fingerprint density at radius 1 is 1.28 bits per heavy atom. The summed E-state index contributed by atoms with van der Waals surface area (Å²) >= 11 is 5.90. The minimum Gasteiger partial charge on any atom is -0.310 e. The predicted molar refractivity (Wildman–Crippen MR) is 92.7 cm³/mol. The lowest BCUT2D eigenvalue weighted by Crippen LogP contribution is -2.37. The summed E-state index contributed by atoms with van der Waals surface area (Å²) in [4.78, 5) is 21.7. The van der Waals surface area contributed by atoms with Crippen LogP contribution in [0.2, 0.25) is 5.02 Å². The second-order valence-electron chi connectivity index (χ2n) is 7.37. The van der Waals surface area contributed by atoms with Gasteiger partial charge in [0.1, 0.15) is 17.5 Å². The molecule has 4 nitrogen and oxygen atoms in total. The molecule has 3 rings (SSSR count). The third kappa shape index (κ3) is 3.60. The topological polar surface area (TPSA) is 49.0 Å². The Hall–Kier alpha value is -1.79. The van der Waals surface area contributed by atoms with Crippen LogP contribution in [0.25, 0.3) is 0 Å². The smallest absolute Gasteiger partial charge is 0.255 e. The van der Waals surface area contributed by atoms with Crippen LogP contribution < -0.4 is 5.56 Å². The lowest BCUT2D eigenvalue weighted by molar-refractivity contribution is 0.237. The van der Waals surface area contributed by atoms with Crippen LogP contribution in [-0.2, 0) is 24.9 Å². The number of aromatic amines is 1. The van der Waals surface area contributed by atoms with Crippen LogP contribution in [0.4, 0.5) is 8.78 Å². The van der Waals surface area contributed by atoms with Crippen LogP contribution in [0.3, 0.4) is 0 Å².